The van der Waals surface area contributed by atoms with Gasteiger partial charge >= 0.3 is 5.97 Å². The van der Waals surface area contributed by atoms with Crippen LogP contribution >= 0.6 is 0 Å². The number of carbonyl (C=O) groups is 1. The first kappa shape index (κ1) is 13.4. The van der Waals surface area contributed by atoms with Crippen molar-refractivity contribution in [3.63, 3.8) is 0 Å². The number of carboxylic acids is 1. The van der Waals surface area contributed by atoms with Crippen molar-refractivity contribution in [3.8, 4) is 0 Å². The van der Waals surface area contributed by atoms with Crippen LogP contribution in [0.15, 0.2) is 16.8 Å². The molecule has 0 amide bonds. The van der Waals surface area contributed by atoms with E-state index in [4.69, 9.17) is 9.99 Å². The predicted octanol–water partition coefficient (Wildman–Crippen LogP) is 0.561. The van der Waals surface area contributed by atoms with Crippen molar-refractivity contribution in [2.45, 2.75) is 13.3 Å². The molecule has 0 saturated heterocycles. The van der Waals surface area contributed by atoms with Crippen molar-refractivity contribution in [2.24, 2.45) is 4.99 Å². The summed E-state index contributed by atoms with van der Waals surface area (Å²) in [5.74, 6) is -0.704. The molecule has 0 saturated carbocycles. The van der Waals surface area contributed by atoms with Gasteiger partial charge in [-0.3, -0.25) is 9.79 Å². The molecule has 0 aromatic rings. The van der Waals surface area contributed by atoms with Gasteiger partial charge in [0.15, 0.2) is 0 Å². The second-order valence-corrected chi connectivity index (χ2v) is 2.54. The molecule has 0 atom stereocenters. The fourth-order valence-corrected chi connectivity index (χ4v) is 0.769. The van der Waals surface area contributed by atoms with Gasteiger partial charge in [-0.2, -0.15) is 4.89 Å². The lowest BCUT2D eigenvalue weighted by Gasteiger charge is -2.05. The van der Waals surface area contributed by atoms with Crippen LogP contribution in [0.1, 0.15) is 13.3 Å². The maximum atomic E-state index is 10.5. The molecule has 0 bridgehead atoms. The van der Waals surface area contributed by atoms with Crippen molar-refractivity contribution in [3.05, 3.63) is 11.8 Å². The third-order valence-electron chi connectivity index (χ3n) is 1.44. The molecule has 0 fully saturated rings. The van der Waals surface area contributed by atoms with E-state index in [-0.39, 0.29) is 12.3 Å². The van der Waals surface area contributed by atoms with Crippen LogP contribution in [0.3, 0.4) is 0 Å². The minimum Gasteiger partial charge on any atom is -0.481 e. The Bertz CT molecular complexity index is 261. The molecule has 0 aliphatic rings. The normalized spacial score (nSPS) is 12.5. The average Bonchev–Trinajstić information content (AvgIpc) is 2.21. The number of hydrogen-bond donors (Lipinski definition) is 2. The highest BCUT2D eigenvalue weighted by molar-refractivity contribution is 5.88. The number of nitrogens with one attached hydrogen (secondary N) is 1. The highest BCUT2D eigenvalue weighted by Crippen LogP contribution is 1.98. The first-order valence-corrected chi connectivity index (χ1v) is 4.50. The van der Waals surface area contributed by atoms with Crippen LogP contribution in [0.5, 0.6) is 0 Å². The number of rotatable bonds is 6. The Hall–Kier alpha value is -1.56. The van der Waals surface area contributed by atoms with Crippen LogP contribution in [0, 0.1) is 0 Å². The molecular weight excluding hydrogens is 200 g/mol. The van der Waals surface area contributed by atoms with Crippen molar-refractivity contribution >= 4 is 11.9 Å². The number of aliphatic carboxylic acids is 1. The molecule has 0 aliphatic carbocycles. The van der Waals surface area contributed by atoms with Gasteiger partial charge in [-0.05, 0) is 6.92 Å². The van der Waals surface area contributed by atoms with Crippen molar-refractivity contribution < 1.29 is 19.7 Å². The van der Waals surface area contributed by atoms with Crippen molar-refractivity contribution in [2.75, 3.05) is 20.7 Å². The molecule has 0 rings (SSSR count). The fraction of sp³-hybridized carbons (Fsp3) is 0.556. The highest BCUT2D eigenvalue weighted by atomic mass is 17.2. The molecule has 0 unspecified atom stereocenters. The monoisotopic (exact) mass is 216 g/mol. The third kappa shape index (κ3) is 6.50. The Labute approximate surface area is 88.5 Å². The summed E-state index contributed by atoms with van der Waals surface area (Å²) >= 11 is 0. The second kappa shape index (κ2) is 7.81. The lowest BCUT2D eigenvalue weighted by molar-refractivity contribution is -0.216. The van der Waals surface area contributed by atoms with Gasteiger partial charge in [0.25, 0.3) is 5.90 Å². The van der Waals surface area contributed by atoms with Gasteiger partial charge in [0, 0.05) is 25.9 Å². The summed E-state index contributed by atoms with van der Waals surface area (Å²) in [4.78, 5) is 23.7. The van der Waals surface area contributed by atoms with E-state index in [9.17, 15) is 4.79 Å². The van der Waals surface area contributed by atoms with Gasteiger partial charge in [-0.15, -0.1) is 0 Å². The molecule has 6 heteroatoms. The van der Waals surface area contributed by atoms with Crippen LogP contribution in [-0.2, 0) is 14.6 Å². The zero-order valence-electron chi connectivity index (χ0n) is 9.11. The highest BCUT2D eigenvalue weighted by Gasteiger charge is 2.04. The molecule has 0 aromatic heterocycles. The van der Waals surface area contributed by atoms with Crippen molar-refractivity contribution in [1.29, 1.82) is 0 Å². The van der Waals surface area contributed by atoms with E-state index in [0.717, 1.165) is 0 Å². The van der Waals surface area contributed by atoms with Gasteiger partial charge in [-0.25, -0.2) is 0 Å². The summed E-state index contributed by atoms with van der Waals surface area (Å²) in [6.07, 6.45) is 1.36. The Balaban J connectivity index is 4.42. The molecular formula is C9H16N2O4. The minimum atomic E-state index is -0.928. The average molecular weight is 216 g/mol. The van der Waals surface area contributed by atoms with E-state index >= 15 is 0 Å². The Morgan fingerprint density at radius 2 is 2.27 bits per heavy atom. The van der Waals surface area contributed by atoms with Crippen LogP contribution in [0.2, 0.25) is 0 Å². The smallest absolute Gasteiger partial charge is 0.309 e. The first-order chi connectivity index (χ1) is 7.13. The Morgan fingerprint density at radius 1 is 1.60 bits per heavy atom. The molecule has 0 aromatic carbocycles. The molecule has 0 spiro atoms. The molecule has 2 N–H and O–H groups in total. The number of nitrogens with zero attached hydrogens (tertiary/aromatic N) is 1. The molecule has 0 radical (unpaired) electrons. The third-order valence-corrected chi connectivity index (χ3v) is 1.44. The maximum Gasteiger partial charge on any atom is 0.309 e. The molecule has 86 valence electrons. The first-order valence-electron chi connectivity index (χ1n) is 4.50. The van der Waals surface area contributed by atoms with E-state index in [1.54, 1.807) is 14.0 Å². The maximum absolute atomic E-state index is 10.5. The zero-order valence-corrected chi connectivity index (χ0v) is 9.11. The quantitative estimate of drug-likeness (QED) is 0.293. The molecule has 6 nitrogen and oxygen atoms in total. The van der Waals surface area contributed by atoms with Gasteiger partial charge in [0.05, 0.1) is 13.0 Å². The molecule has 0 heterocycles. The molecule has 0 aliphatic heterocycles. The fourth-order valence-electron chi connectivity index (χ4n) is 0.769. The summed E-state index contributed by atoms with van der Waals surface area (Å²) < 4.78 is 0. The lowest BCUT2D eigenvalue weighted by Crippen LogP contribution is -2.14. The summed E-state index contributed by atoms with van der Waals surface area (Å²) in [6.45, 7) is 2.16. The zero-order chi connectivity index (χ0) is 11.7. The number of hydrogen-bond acceptors (Lipinski definition) is 5. The van der Waals surface area contributed by atoms with Crippen molar-refractivity contribution in [1.82, 2.24) is 5.32 Å². The SMILES string of the molecule is CCOOC(/C=C(/CC(=O)O)NC)=N\C. The second-order valence-electron chi connectivity index (χ2n) is 2.54. The van der Waals surface area contributed by atoms with E-state index in [1.165, 1.54) is 13.1 Å². The van der Waals surface area contributed by atoms with E-state index < -0.39 is 5.97 Å². The van der Waals surface area contributed by atoms with E-state index in [0.29, 0.717) is 12.3 Å². The standard InChI is InChI=1S/C9H16N2O4/c1-4-14-15-8(11-3)5-7(10-2)6-9(12)13/h5,10H,4,6H2,1-3H3,(H,12,13)/b7-5-,11-8-. The number of carboxylic acid groups (broad SMARTS) is 1. The largest absolute Gasteiger partial charge is 0.481 e. The van der Waals surface area contributed by atoms with Crippen LogP contribution in [0.25, 0.3) is 0 Å². The lowest BCUT2D eigenvalue weighted by atomic mass is 10.3. The van der Waals surface area contributed by atoms with Gasteiger partial charge < -0.3 is 15.3 Å². The topological polar surface area (TPSA) is 80.2 Å². The van der Waals surface area contributed by atoms with Crippen LogP contribution in [-0.4, -0.2) is 37.7 Å². The van der Waals surface area contributed by atoms with Gasteiger partial charge in [-0.1, -0.05) is 0 Å². The summed E-state index contributed by atoms with van der Waals surface area (Å²) in [5.41, 5.74) is 0.489. The van der Waals surface area contributed by atoms with Crippen LogP contribution < -0.4 is 5.32 Å². The Morgan fingerprint density at radius 3 is 2.67 bits per heavy atom. The minimum absolute atomic E-state index is 0.120. The Kier molecular flexibility index (Phi) is 7.00. The van der Waals surface area contributed by atoms with E-state index in [1.807, 2.05) is 0 Å². The predicted molar refractivity (Wildman–Crippen MR) is 55.5 cm³/mol. The summed E-state index contributed by atoms with van der Waals surface area (Å²) in [5, 5.41) is 11.3. The van der Waals surface area contributed by atoms with Gasteiger partial charge in [0.2, 0.25) is 0 Å². The summed E-state index contributed by atoms with van der Waals surface area (Å²) in [7, 11) is 3.15. The van der Waals surface area contributed by atoms with Gasteiger partial charge in [0.1, 0.15) is 0 Å². The molecule has 15 heavy (non-hydrogen) atoms. The van der Waals surface area contributed by atoms with E-state index in [2.05, 4.69) is 15.2 Å². The number of aliphatic imine (C=N–C) groups is 1. The van der Waals surface area contributed by atoms with Crippen LogP contribution in [0.4, 0.5) is 0 Å². The summed E-state index contributed by atoms with van der Waals surface area (Å²) in [6, 6.07) is 0.